The first kappa shape index (κ1) is 15.1. The van der Waals surface area contributed by atoms with Crippen molar-refractivity contribution in [1.29, 1.82) is 0 Å². The maximum Gasteiger partial charge on any atom is 0.287 e. The highest BCUT2D eigenvalue weighted by Crippen LogP contribution is 2.27. The van der Waals surface area contributed by atoms with E-state index in [4.69, 9.17) is 0 Å². The summed E-state index contributed by atoms with van der Waals surface area (Å²) in [5, 5.41) is 3.01. The molecule has 6 heteroatoms. The first-order chi connectivity index (χ1) is 10.6. The largest absolute Gasteiger partial charge is 0.347 e. The van der Waals surface area contributed by atoms with Gasteiger partial charge in [-0.05, 0) is 32.6 Å². The molecule has 120 valence electrons. The molecule has 2 heterocycles. The lowest BCUT2D eigenvalue weighted by Crippen LogP contribution is -2.48. The van der Waals surface area contributed by atoms with Crippen molar-refractivity contribution in [1.82, 2.24) is 20.2 Å². The molecule has 1 saturated carbocycles. The van der Waals surface area contributed by atoms with E-state index in [0.717, 1.165) is 44.5 Å². The van der Waals surface area contributed by atoms with Crippen LogP contribution in [-0.2, 0) is 4.79 Å². The highest BCUT2D eigenvalue weighted by atomic mass is 16.2. The Labute approximate surface area is 130 Å². The number of nitrogens with zero attached hydrogens (tertiary/aromatic N) is 2. The van der Waals surface area contributed by atoms with E-state index in [0.29, 0.717) is 11.7 Å². The molecule has 0 atom stereocenters. The third-order valence-electron chi connectivity index (χ3n) is 4.76. The zero-order valence-electron chi connectivity index (χ0n) is 13.1. The third-order valence-corrected chi connectivity index (χ3v) is 4.76. The van der Waals surface area contributed by atoms with Gasteiger partial charge in [-0.2, -0.15) is 0 Å². The van der Waals surface area contributed by atoms with Gasteiger partial charge in [-0.25, -0.2) is 4.98 Å². The summed E-state index contributed by atoms with van der Waals surface area (Å²) in [5.41, 5.74) is 0.877. The monoisotopic (exact) mass is 304 g/mol. The van der Waals surface area contributed by atoms with Crippen molar-refractivity contribution in [3.63, 3.8) is 0 Å². The summed E-state index contributed by atoms with van der Waals surface area (Å²) in [4.78, 5) is 33.4. The van der Waals surface area contributed by atoms with Gasteiger partial charge in [0, 0.05) is 36.9 Å². The molecule has 6 nitrogen and oxygen atoms in total. The number of nitrogens with one attached hydrogen (secondary N) is 2. The molecule has 0 radical (unpaired) electrons. The summed E-state index contributed by atoms with van der Waals surface area (Å²) < 4.78 is 0. The van der Waals surface area contributed by atoms with Gasteiger partial charge >= 0.3 is 0 Å². The summed E-state index contributed by atoms with van der Waals surface area (Å²) in [6, 6.07) is 0.130. The molecule has 3 rings (SSSR count). The topological polar surface area (TPSA) is 78.1 Å². The van der Waals surface area contributed by atoms with Gasteiger partial charge in [0.25, 0.3) is 5.91 Å². The van der Waals surface area contributed by atoms with Crippen molar-refractivity contribution in [2.45, 2.75) is 51.5 Å². The first-order valence-corrected chi connectivity index (χ1v) is 8.25. The number of rotatable bonds is 3. The van der Waals surface area contributed by atoms with Crippen molar-refractivity contribution >= 4 is 11.8 Å². The van der Waals surface area contributed by atoms with Crippen LogP contribution >= 0.6 is 0 Å². The average molecular weight is 304 g/mol. The van der Waals surface area contributed by atoms with Crippen LogP contribution in [0.4, 0.5) is 0 Å². The molecule has 1 aromatic rings. The highest BCUT2D eigenvalue weighted by molar-refractivity contribution is 5.90. The Bertz CT molecular complexity index is 540. The van der Waals surface area contributed by atoms with E-state index in [9.17, 15) is 9.59 Å². The quantitative estimate of drug-likeness (QED) is 0.891. The second kappa shape index (κ2) is 6.50. The van der Waals surface area contributed by atoms with E-state index >= 15 is 0 Å². The van der Waals surface area contributed by atoms with Crippen molar-refractivity contribution in [3.8, 4) is 0 Å². The Hall–Kier alpha value is -1.85. The predicted octanol–water partition coefficient (Wildman–Crippen LogP) is 1.63. The van der Waals surface area contributed by atoms with Crippen LogP contribution in [0.3, 0.4) is 0 Å². The van der Waals surface area contributed by atoms with Crippen molar-refractivity contribution < 1.29 is 9.59 Å². The van der Waals surface area contributed by atoms with Crippen LogP contribution in [0.15, 0.2) is 6.20 Å². The van der Waals surface area contributed by atoms with E-state index in [1.807, 2.05) is 11.8 Å². The zero-order chi connectivity index (χ0) is 15.5. The summed E-state index contributed by atoms with van der Waals surface area (Å²) >= 11 is 0. The van der Waals surface area contributed by atoms with Gasteiger partial charge in [0.1, 0.15) is 0 Å². The number of carbonyl (C=O) groups excluding carboxylic acids is 2. The molecule has 2 N–H and O–H groups in total. The van der Waals surface area contributed by atoms with Gasteiger partial charge in [-0.15, -0.1) is 0 Å². The summed E-state index contributed by atoms with van der Waals surface area (Å²) in [6.07, 6.45) is 7.77. The van der Waals surface area contributed by atoms with Crippen molar-refractivity contribution in [2.75, 3.05) is 13.1 Å². The maximum absolute atomic E-state index is 12.4. The molecule has 1 aliphatic carbocycles. The molecular formula is C16H24N4O2. The van der Waals surface area contributed by atoms with Crippen LogP contribution < -0.4 is 5.32 Å². The van der Waals surface area contributed by atoms with Crippen molar-refractivity contribution in [3.05, 3.63) is 17.7 Å². The molecule has 1 saturated heterocycles. The molecular weight excluding hydrogens is 280 g/mol. The van der Waals surface area contributed by atoms with Crippen molar-refractivity contribution in [2.24, 2.45) is 5.92 Å². The fourth-order valence-electron chi connectivity index (χ4n) is 3.46. The van der Waals surface area contributed by atoms with Crippen LogP contribution in [0.2, 0.25) is 0 Å². The lowest BCUT2D eigenvalue weighted by molar-refractivity contribution is -0.136. The molecule has 1 aliphatic heterocycles. The van der Waals surface area contributed by atoms with Gasteiger partial charge in [0.05, 0.1) is 0 Å². The van der Waals surface area contributed by atoms with E-state index in [1.54, 1.807) is 6.20 Å². The van der Waals surface area contributed by atoms with Gasteiger partial charge in [0.2, 0.25) is 5.91 Å². The first-order valence-electron chi connectivity index (χ1n) is 8.25. The third kappa shape index (κ3) is 3.31. The molecule has 0 aromatic carbocycles. The molecule has 22 heavy (non-hydrogen) atoms. The summed E-state index contributed by atoms with van der Waals surface area (Å²) in [7, 11) is 0. The number of hydrogen-bond donors (Lipinski definition) is 2. The number of hydrogen-bond acceptors (Lipinski definition) is 3. The Balaban J connectivity index is 1.47. The number of imidazole rings is 1. The summed E-state index contributed by atoms with van der Waals surface area (Å²) in [5.74, 6) is 0.775. The number of aryl methyl sites for hydroxylation is 1. The zero-order valence-corrected chi connectivity index (χ0v) is 13.1. The standard InChI is InChI=1S/C16H24N4O2/c1-11-10-17-14(18-11)15(21)19-13-6-8-20(9-7-13)16(22)12-4-2-3-5-12/h10,12-13H,2-9H2,1H3,(H,17,18)(H,19,21). The van der Waals surface area contributed by atoms with Crippen LogP contribution in [0.25, 0.3) is 0 Å². The van der Waals surface area contributed by atoms with E-state index < -0.39 is 0 Å². The minimum Gasteiger partial charge on any atom is -0.347 e. The Morgan fingerprint density at radius 3 is 2.50 bits per heavy atom. The number of piperidine rings is 1. The lowest BCUT2D eigenvalue weighted by Gasteiger charge is -2.33. The van der Waals surface area contributed by atoms with Crippen LogP contribution in [0.5, 0.6) is 0 Å². The number of carbonyl (C=O) groups is 2. The number of aromatic nitrogens is 2. The molecule has 0 unspecified atom stereocenters. The van der Waals surface area contributed by atoms with Crippen LogP contribution in [0.1, 0.15) is 54.8 Å². The normalized spacial score (nSPS) is 20.3. The fraction of sp³-hybridized carbons (Fsp3) is 0.688. The van der Waals surface area contributed by atoms with Gasteiger partial charge in [0.15, 0.2) is 5.82 Å². The fourth-order valence-corrected chi connectivity index (χ4v) is 3.46. The maximum atomic E-state index is 12.4. The SMILES string of the molecule is Cc1cnc(C(=O)NC2CCN(C(=O)C3CCCC3)CC2)[nH]1. The van der Waals surface area contributed by atoms with E-state index in [1.165, 1.54) is 12.8 Å². The number of amides is 2. The minimum absolute atomic E-state index is 0.130. The number of H-pyrrole nitrogens is 1. The van der Waals surface area contributed by atoms with E-state index in [2.05, 4.69) is 15.3 Å². The highest BCUT2D eigenvalue weighted by Gasteiger charge is 2.30. The predicted molar refractivity (Wildman–Crippen MR) is 82.4 cm³/mol. The Kier molecular flexibility index (Phi) is 4.45. The number of aromatic amines is 1. The smallest absolute Gasteiger partial charge is 0.287 e. The average Bonchev–Trinajstić information content (AvgIpc) is 3.18. The van der Waals surface area contributed by atoms with Crippen LogP contribution in [-0.4, -0.2) is 45.8 Å². The van der Waals surface area contributed by atoms with E-state index in [-0.39, 0.29) is 17.9 Å². The van der Waals surface area contributed by atoms with Gasteiger partial charge in [-0.3, -0.25) is 9.59 Å². The second-order valence-electron chi connectivity index (χ2n) is 6.47. The molecule has 0 bridgehead atoms. The molecule has 2 fully saturated rings. The molecule has 1 aromatic heterocycles. The Morgan fingerprint density at radius 1 is 1.23 bits per heavy atom. The second-order valence-corrected chi connectivity index (χ2v) is 6.47. The Morgan fingerprint density at radius 2 is 1.91 bits per heavy atom. The van der Waals surface area contributed by atoms with Crippen LogP contribution in [0, 0.1) is 12.8 Å². The lowest BCUT2D eigenvalue weighted by atomic mass is 10.0. The van der Waals surface area contributed by atoms with Gasteiger partial charge < -0.3 is 15.2 Å². The number of likely N-dealkylation sites (tertiary alicyclic amines) is 1. The summed E-state index contributed by atoms with van der Waals surface area (Å²) in [6.45, 7) is 3.37. The molecule has 2 amide bonds. The molecule has 2 aliphatic rings. The minimum atomic E-state index is -0.159. The molecule has 0 spiro atoms. The van der Waals surface area contributed by atoms with Gasteiger partial charge in [-0.1, -0.05) is 12.8 Å².